The van der Waals surface area contributed by atoms with Gasteiger partial charge in [-0.05, 0) is 69.8 Å². The largest absolute Gasteiger partial charge is 0.497 e. The van der Waals surface area contributed by atoms with Crippen LogP contribution in [0.2, 0.25) is 0 Å². The highest BCUT2D eigenvalue weighted by Gasteiger charge is 2.14. The predicted octanol–water partition coefficient (Wildman–Crippen LogP) is 3.90. The Labute approximate surface area is 154 Å². The molecule has 0 N–H and O–H groups in total. The van der Waals surface area contributed by atoms with Crippen molar-refractivity contribution in [1.29, 1.82) is 0 Å². The zero-order valence-corrected chi connectivity index (χ0v) is 15.2. The molecule has 0 spiro atoms. The monoisotopic (exact) mass is 342 g/mol. The van der Waals surface area contributed by atoms with Gasteiger partial charge < -0.3 is 9.47 Å². The molecule has 1 aliphatic rings. The molecule has 1 aliphatic carbocycles. The van der Waals surface area contributed by atoms with Crippen molar-refractivity contribution in [2.24, 2.45) is 0 Å². The molecule has 0 aromatic heterocycles. The molecule has 3 aromatic rings. The molecule has 3 aromatic carbocycles. The SMILES string of the molecule is COc1ccc(C2=c3ccccc3=C(c3ccc(OC)cc3)CC2)cc1. The Morgan fingerprint density at radius 1 is 0.538 bits per heavy atom. The third kappa shape index (κ3) is 2.99. The summed E-state index contributed by atoms with van der Waals surface area (Å²) < 4.78 is 10.6. The Morgan fingerprint density at radius 2 is 0.923 bits per heavy atom. The van der Waals surface area contributed by atoms with Crippen LogP contribution in [-0.2, 0) is 0 Å². The Bertz CT molecular complexity index is 942. The van der Waals surface area contributed by atoms with Crippen LogP contribution in [0.1, 0.15) is 24.0 Å². The Balaban J connectivity index is 1.91. The van der Waals surface area contributed by atoms with Crippen molar-refractivity contribution >= 4 is 11.1 Å². The number of ether oxygens (including phenoxy) is 2. The highest BCUT2D eigenvalue weighted by molar-refractivity contribution is 5.75. The lowest BCUT2D eigenvalue weighted by Gasteiger charge is -2.18. The lowest BCUT2D eigenvalue weighted by atomic mass is 9.87. The quantitative estimate of drug-likeness (QED) is 0.716. The van der Waals surface area contributed by atoms with E-state index in [1.54, 1.807) is 14.2 Å². The molecule has 2 nitrogen and oxygen atoms in total. The van der Waals surface area contributed by atoms with Crippen LogP contribution in [0, 0.1) is 0 Å². The number of fused-ring (bicyclic) bond motifs is 1. The molecular weight excluding hydrogens is 320 g/mol. The molecule has 130 valence electrons. The minimum Gasteiger partial charge on any atom is -0.497 e. The lowest BCUT2D eigenvalue weighted by Crippen LogP contribution is -2.32. The Morgan fingerprint density at radius 3 is 1.27 bits per heavy atom. The molecule has 0 atom stereocenters. The fourth-order valence-electron chi connectivity index (χ4n) is 3.71. The first-order chi connectivity index (χ1) is 12.8. The Hall–Kier alpha value is -3.00. The standard InChI is InChI=1S/C24H22O2/c1-25-19-11-7-17(8-12-19)21-15-16-22(24-6-4-3-5-23(21)24)18-9-13-20(26-2)14-10-18/h3-14H,15-16H2,1-2H3. The summed E-state index contributed by atoms with van der Waals surface area (Å²) in [6.07, 6.45) is 2.06. The van der Waals surface area contributed by atoms with E-state index < -0.39 is 0 Å². The van der Waals surface area contributed by atoms with Crippen LogP contribution in [-0.4, -0.2) is 14.2 Å². The highest BCUT2D eigenvalue weighted by Crippen LogP contribution is 2.27. The molecule has 0 fully saturated rings. The summed E-state index contributed by atoms with van der Waals surface area (Å²) in [5.41, 5.74) is 5.35. The van der Waals surface area contributed by atoms with Crippen LogP contribution < -0.4 is 19.9 Å². The van der Waals surface area contributed by atoms with Gasteiger partial charge in [0.25, 0.3) is 0 Å². The average molecular weight is 342 g/mol. The number of hydrogen-bond donors (Lipinski definition) is 0. The summed E-state index contributed by atoms with van der Waals surface area (Å²) in [5, 5.41) is 2.66. The predicted molar refractivity (Wildman–Crippen MR) is 106 cm³/mol. The summed E-state index contributed by atoms with van der Waals surface area (Å²) in [5.74, 6) is 1.79. The summed E-state index contributed by atoms with van der Waals surface area (Å²) in [4.78, 5) is 0. The van der Waals surface area contributed by atoms with Gasteiger partial charge in [0.15, 0.2) is 0 Å². The molecule has 0 amide bonds. The van der Waals surface area contributed by atoms with Crippen molar-refractivity contribution in [3.63, 3.8) is 0 Å². The van der Waals surface area contributed by atoms with Gasteiger partial charge in [0.1, 0.15) is 11.5 Å². The number of methoxy groups -OCH3 is 2. The van der Waals surface area contributed by atoms with Crippen LogP contribution >= 0.6 is 0 Å². The van der Waals surface area contributed by atoms with Gasteiger partial charge >= 0.3 is 0 Å². The van der Waals surface area contributed by atoms with E-state index in [9.17, 15) is 0 Å². The van der Waals surface area contributed by atoms with E-state index in [-0.39, 0.29) is 0 Å². The molecule has 26 heavy (non-hydrogen) atoms. The van der Waals surface area contributed by atoms with Crippen molar-refractivity contribution < 1.29 is 9.47 Å². The van der Waals surface area contributed by atoms with Crippen LogP contribution in [0.25, 0.3) is 11.1 Å². The first-order valence-electron chi connectivity index (χ1n) is 8.90. The highest BCUT2D eigenvalue weighted by atomic mass is 16.5. The summed E-state index contributed by atoms with van der Waals surface area (Å²) in [6.45, 7) is 0. The van der Waals surface area contributed by atoms with Crippen molar-refractivity contribution in [1.82, 2.24) is 0 Å². The Kier molecular flexibility index (Phi) is 4.49. The maximum Gasteiger partial charge on any atom is 0.118 e. The summed E-state index contributed by atoms with van der Waals surface area (Å²) in [7, 11) is 3.41. The second-order valence-electron chi connectivity index (χ2n) is 6.46. The van der Waals surface area contributed by atoms with Crippen LogP contribution in [0.3, 0.4) is 0 Å². The van der Waals surface area contributed by atoms with Gasteiger partial charge in [-0.3, -0.25) is 0 Å². The van der Waals surface area contributed by atoms with E-state index in [1.807, 2.05) is 24.3 Å². The first-order valence-corrected chi connectivity index (χ1v) is 8.90. The molecule has 0 aliphatic heterocycles. The minimum absolute atomic E-state index is 0.893. The van der Waals surface area contributed by atoms with E-state index in [4.69, 9.17) is 9.47 Å². The van der Waals surface area contributed by atoms with Gasteiger partial charge in [0.2, 0.25) is 0 Å². The zero-order valence-electron chi connectivity index (χ0n) is 15.2. The minimum atomic E-state index is 0.893. The molecule has 0 bridgehead atoms. The molecule has 0 saturated carbocycles. The van der Waals surface area contributed by atoms with Crippen molar-refractivity contribution in [2.45, 2.75) is 12.8 Å². The maximum absolute atomic E-state index is 5.30. The summed E-state index contributed by atoms with van der Waals surface area (Å²) >= 11 is 0. The van der Waals surface area contributed by atoms with Gasteiger partial charge in [-0.1, -0.05) is 48.5 Å². The second-order valence-corrected chi connectivity index (χ2v) is 6.46. The van der Waals surface area contributed by atoms with Gasteiger partial charge in [-0.2, -0.15) is 0 Å². The van der Waals surface area contributed by atoms with E-state index >= 15 is 0 Å². The van der Waals surface area contributed by atoms with Crippen molar-refractivity contribution in [3.05, 3.63) is 94.4 Å². The van der Waals surface area contributed by atoms with Gasteiger partial charge in [0, 0.05) is 0 Å². The first kappa shape index (κ1) is 16.5. The fourth-order valence-corrected chi connectivity index (χ4v) is 3.71. The number of hydrogen-bond acceptors (Lipinski definition) is 2. The third-order valence-corrected chi connectivity index (χ3v) is 5.08. The second kappa shape index (κ2) is 7.09. The van der Waals surface area contributed by atoms with Gasteiger partial charge in [-0.25, -0.2) is 0 Å². The summed E-state index contributed by atoms with van der Waals surface area (Å²) in [6, 6.07) is 25.5. The molecule has 4 rings (SSSR count). The van der Waals surface area contributed by atoms with Crippen LogP contribution in [0.15, 0.2) is 72.8 Å². The van der Waals surface area contributed by atoms with Crippen molar-refractivity contribution in [2.75, 3.05) is 14.2 Å². The van der Waals surface area contributed by atoms with E-state index in [2.05, 4.69) is 48.5 Å². The smallest absolute Gasteiger partial charge is 0.118 e. The fraction of sp³-hybridized carbons (Fsp3) is 0.167. The molecule has 0 heterocycles. The molecule has 0 radical (unpaired) electrons. The topological polar surface area (TPSA) is 18.5 Å². The number of benzene rings is 3. The number of rotatable bonds is 4. The lowest BCUT2D eigenvalue weighted by molar-refractivity contribution is 0.414. The average Bonchev–Trinajstić information content (AvgIpc) is 2.73. The van der Waals surface area contributed by atoms with E-state index in [0.29, 0.717) is 0 Å². The molecule has 0 unspecified atom stereocenters. The third-order valence-electron chi connectivity index (χ3n) is 5.08. The maximum atomic E-state index is 5.30. The zero-order chi connectivity index (χ0) is 17.9. The van der Waals surface area contributed by atoms with Crippen molar-refractivity contribution in [3.8, 4) is 11.5 Å². The van der Waals surface area contributed by atoms with Crippen LogP contribution in [0.4, 0.5) is 0 Å². The van der Waals surface area contributed by atoms with Crippen LogP contribution in [0.5, 0.6) is 11.5 Å². The molecule has 0 saturated heterocycles. The van der Waals surface area contributed by atoms with E-state index in [1.165, 1.54) is 32.7 Å². The molecule has 2 heteroatoms. The van der Waals surface area contributed by atoms with Gasteiger partial charge in [0.05, 0.1) is 14.2 Å². The van der Waals surface area contributed by atoms with E-state index in [0.717, 1.165) is 24.3 Å². The molecular formula is C24H22O2. The normalized spacial score (nSPS) is 13.3. The van der Waals surface area contributed by atoms with Gasteiger partial charge in [-0.15, -0.1) is 0 Å².